The molecule has 1 rings (SSSR count). The summed E-state index contributed by atoms with van der Waals surface area (Å²) in [5.41, 5.74) is 0. The highest BCUT2D eigenvalue weighted by Gasteiger charge is 2.32. The van der Waals surface area contributed by atoms with Gasteiger partial charge in [-0.3, -0.25) is 9.69 Å². The molecule has 17 heavy (non-hydrogen) atoms. The first-order chi connectivity index (χ1) is 7.94. The summed E-state index contributed by atoms with van der Waals surface area (Å²) in [6.45, 7) is 0.461. The number of unbranched alkanes of at least 4 members (excludes halogenated alkanes) is 1. The highest BCUT2D eigenvalue weighted by molar-refractivity contribution is 7.91. The summed E-state index contributed by atoms with van der Waals surface area (Å²) in [6.07, 6.45) is 1.80. The van der Waals surface area contributed by atoms with Gasteiger partial charge in [-0.15, -0.1) is 0 Å². The molecule has 1 atom stereocenters. The minimum atomic E-state index is -2.99. The fraction of sp³-hybridized carbons (Fsp3) is 0.900. The number of nitrogens with zero attached hydrogens (tertiary/aromatic N) is 1. The zero-order chi connectivity index (χ0) is 12.9. The average Bonchev–Trinajstić information content (AvgIpc) is 2.57. The maximum atomic E-state index is 11.3. The van der Waals surface area contributed by atoms with Gasteiger partial charge in [0, 0.05) is 12.6 Å². The van der Waals surface area contributed by atoms with Crippen molar-refractivity contribution in [2.75, 3.05) is 31.2 Å². The van der Waals surface area contributed by atoms with Crippen LogP contribution in [0.1, 0.15) is 19.3 Å². The summed E-state index contributed by atoms with van der Waals surface area (Å²) in [6, 6.07) is -0.185. The van der Waals surface area contributed by atoms with Crippen molar-refractivity contribution in [3.8, 4) is 0 Å². The molecular formula is C10H19NO5S. The van der Waals surface area contributed by atoms with E-state index in [-0.39, 0.29) is 30.7 Å². The van der Waals surface area contributed by atoms with E-state index in [9.17, 15) is 13.2 Å². The van der Waals surface area contributed by atoms with E-state index in [4.69, 9.17) is 10.2 Å². The van der Waals surface area contributed by atoms with Gasteiger partial charge in [0.05, 0.1) is 18.1 Å². The topological polar surface area (TPSA) is 94.9 Å². The van der Waals surface area contributed by atoms with E-state index in [2.05, 4.69) is 0 Å². The largest absolute Gasteiger partial charge is 0.480 e. The van der Waals surface area contributed by atoms with Crippen molar-refractivity contribution in [3.63, 3.8) is 0 Å². The van der Waals surface area contributed by atoms with Crippen LogP contribution in [0.3, 0.4) is 0 Å². The monoisotopic (exact) mass is 265 g/mol. The molecule has 1 aliphatic rings. The smallest absolute Gasteiger partial charge is 0.317 e. The van der Waals surface area contributed by atoms with Gasteiger partial charge in [0.15, 0.2) is 9.84 Å². The molecule has 2 N–H and O–H groups in total. The number of hydrogen-bond donors (Lipinski definition) is 2. The van der Waals surface area contributed by atoms with Crippen LogP contribution in [0.2, 0.25) is 0 Å². The van der Waals surface area contributed by atoms with Crippen LogP contribution in [0.15, 0.2) is 0 Å². The van der Waals surface area contributed by atoms with Crippen LogP contribution < -0.4 is 0 Å². The molecule has 0 spiro atoms. The van der Waals surface area contributed by atoms with Crippen molar-refractivity contribution in [2.45, 2.75) is 25.3 Å². The van der Waals surface area contributed by atoms with Gasteiger partial charge >= 0.3 is 5.97 Å². The molecule has 0 aromatic carbocycles. The van der Waals surface area contributed by atoms with Crippen molar-refractivity contribution >= 4 is 15.8 Å². The lowest BCUT2D eigenvalue weighted by Gasteiger charge is -2.25. The molecule has 0 aromatic heterocycles. The predicted molar refractivity (Wildman–Crippen MR) is 62.6 cm³/mol. The molecule has 0 saturated carbocycles. The van der Waals surface area contributed by atoms with E-state index in [0.717, 1.165) is 0 Å². The highest BCUT2D eigenvalue weighted by atomic mass is 32.2. The van der Waals surface area contributed by atoms with Gasteiger partial charge in [0.25, 0.3) is 0 Å². The molecule has 6 nitrogen and oxygen atoms in total. The van der Waals surface area contributed by atoms with Crippen molar-refractivity contribution in [1.82, 2.24) is 4.90 Å². The molecule has 0 aromatic rings. The van der Waals surface area contributed by atoms with Crippen molar-refractivity contribution in [1.29, 1.82) is 0 Å². The van der Waals surface area contributed by atoms with Crippen LogP contribution in [-0.2, 0) is 14.6 Å². The highest BCUT2D eigenvalue weighted by Crippen LogP contribution is 2.18. The SMILES string of the molecule is O=C(O)CN(CCCCO)C1CCS(=O)(=O)C1. The fourth-order valence-corrected chi connectivity index (χ4v) is 3.82. The second-order valence-corrected chi connectivity index (χ2v) is 6.58. The van der Waals surface area contributed by atoms with Crippen LogP contribution in [0, 0.1) is 0 Å². The quantitative estimate of drug-likeness (QED) is 0.593. The standard InChI is InChI=1S/C10H19NO5S/c12-5-2-1-4-11(7-10(13)14)9-3-6-17(15,16)8-9/h9,12H,1-8H2,(H,13,14). The molecule has 0 aliphatic carbocycles. The summed E-state index contributed by atoms with van der Waals surface area (Å²) in [5, 5.41) is 17.5. The van der Waals surface area contributed by atoms with Crippen LogP contribution in [0.4, 0.5) is 0 Å². The van der Waals surface area contributed by atoms with Gasteiger partial charge in [0.2, 0.25) is 0 Å². The van der Waals surface area contributed by atoms with E-state index in [0.29, 0.717) is 25.8 Å². The van der Waals surface area contributed by atoms with Crippen LogP contribution >= 0.6 is 0 Å². The van der Waals surface area contributed by atoms with Crippen LogP contribution in [-0.4, -0.2) is 66.7 Å². The van der Waals surface area contributed by atoms with E-state index < -0.39 is 15.8 Å². The first-order valence-corrected chi connectivity index (χ1v) is 7.54. The lowest BCUT2D eigenvalue weighted by atomic mass is 10.2. The summed E-state index contributed by atoms with van der Waals surface area (Å²) in [7, 11) is -2.99. The number of carboxylic acid groups (broad SMARTS) is 1. The Bertz CT molecular complexity index is 354. The lowest BCUT2D eigenvalue weighted by molar-refractivity contribution is -0.138. The third-order valence-corrected chi connectivity index (χ3v) is 4.67. The van der Waals surface area contributed by atoms with Crippen LogP contribution in [0.5, 0.6) is 0 Å². The number of sulfone groups is 1. The third-order valence-electron chi connectivity index (χ3n) is 2.92. The molecule has 1 saturated heterocycles. The zero-order valence-corrected chi connectivity index (χ0v) is 10.5. The van der Waals surface area contributed by atoms with Crippen molar-refractivity contribution in [3.05, 3.63) is 0 Å². The maximum Gasteiger partial charge on any atom is 0.317 e. The van der Waals surface area contributed by atoms with E-state index in [1.807, 2.05) is 0 Å². The summed E-state index contributed by atoms with van der Waals surface area (Å²) >= 11 is 0. The first-order valence-electron chi connectivity index (χ1n) is 5.72. The molecule has 1 aliphatic heterocycles. The van der Waals surface area contributed by atoms with Crippen molar-refractivity contribution < 1.29 is 23.4 Å². The number of rotatable bonds is 7. The molecule has 100 valence electrons. The Hall–Kier alpha value is -0.660. The van der Waals surface area contributed by atoms with Gasteiger partial charge in [0.1, 0.15) is 0 Å². The van der Waals surface area contributed by atoms with E-state index in [1.165, 1.54) is 0 Å². The molecule has 0 radical (unpaired) electrons. The van der Waals surface area contributed by atoms with Gasteiger partial charge in [-0.05, 0) is 25.8 Å². The average molecular weight is 265 g/mol. The van der Waals surface area contributed by atoms with Gasteiger partial charge < -0.3 is 10.2 Å². The Balaban J connectivity index is 2.53. The Labute approximate surface area is 101 Å². The summed E-state index contributed by atoms with van der Waals surface area (Å²) in [5.74, 6) is -0.744. The van der Waals surface area contributed by atoms with E-state index >= 15 is 0 Å². The molecule has 0 amide bonds. The molecule has 0 bridgehead atoms. The van der Waals surface area contributed by atoms with Gasteiger partial charge in [-0.2, -0.15) is 0 Å². The minimum Gasteiger partial charge on any atom is -0.480 e. The second kappa shape index (κ2) is 6.32. The first kappa shape index (κ1) is 14.4. The molecule has 1 heterocycles. The lowest BCUT2D eigenvalue weighted by Crippen LogP contribution is -2.40. The number of aliphatic hydroxyl groups excluding tert-OH is 1. The minimum absolute atomic E-state index is 0.0550. The number of hydrogen-bond acceptors (Lipinski definition) is 5. The fourth-order valence-electron chi connectivity index (χ4n) is 2.05. The molecule has 1 unspecified atom stereocenters. The van der Waals surface area contributed by atoms with Crippen LogP contribution in [0.25, 0.3) is 0 Å². The normalized spacial score (nSPS) is 23.1. The predicted octanol–water partition coefficient (Wildman–Crippen LogP) is -0.667. The van der Waals surface area contributed by atoms with Gasteiger partial charge in [-0.25, -0.2) is 8.42 Å². The van der Waals surface area contributed by atoms with E-state index in [1.54, 1.807) is 4.90 Å². The molecule has 1 fully saturated rings. The number of aliphatic carboxylic acids is 1. The zero-order valence-electron chi connectivity index (χ0n) is 9.71. The Morgan fingerprint density at radius 1 is 1.35 bits per heavy atom. The third kappa shape index (κ3) is 5.01. The van der Waals surface area contributed by atoms with Crippen molar-refractivity contribution in [2.24, 2.45) is 0 Å². The molecular weight excluding hydrogens is 246 g/mol. The Kier molecular flexibility index (Phi) is 5.35. The number of carboxylic acids is 1. The Morgan fingerprint density at radius 2 is 2.06 bits per heavy atom. The number of aliphatic hydroxyl groups is 1. The number of carbonyl (C=O) groups is 1. The maximum absolute atomic E-state index is 11.3. The molecule has 7 heteroatoms. The second-order valence-electron chi connectivity index (χ2n) is 4.35. The van der Waals surface area contributed by atoms with Gasteiger partial charge in [-0.1, -0.05) is 0 Å². The summed E-state index contributed by atoms with van der Waals surface area (Å²) < 4.78 is 22.7. The Morgan fingerprint density at radius 3 is 2.53 bits per heavy atom. The summed E-state index contributed by atoms with van der Waals surface area (Å²) in [4.78, 5) is 12.4.